The van der Waals surface area contributed by atoms with E-state index in [1.165, 1.54) is 47.9 Å². The average molecular weight is 370 g/mol. The second-order valence-electron chi connectivity index (χ2n) is 5.65. The molecule has 3 rings (SSSR count). The highest BCUT2D eigenvalue weighted by Gasteiger charge is 2.15. The molecule has 1 aromatic heterocycles. The number of hydroxylamine groups is 1. The molecule has 27 heavy (non-hydrogen) atoms. The summed E-state index contributed by atoms with van der Waals surface area (Å²) in [6, 6.07) is 9.42. The smallest absolute Gasteiger partial charge is 0.274 e. The number of carbonyl (C=O) groups excluding carboxylic acids is 2. The van der Waals surface area contributed by atoms with Gasteiger partial charge in [0.2, 0.25) is 0 Å². The molecule has 0 unspecified atom stereocenters. The van der Waals surface area contributed by atoms with Gasteiger partial charge in [-0.3, -0.25) is 19.6 Å². The number of pyridine rings is 1. The molecular weight excluding hydrogens is 355 g/mol. The predicted molar refractivity (Wildman–Crippen MR) is 97.7 cm³/mol. The van der Waals surface area contributed by atoms with Crippen LogP contribution in [0.3, 0.4) is 0 Å². The van der Waals surface area contributed by atoms with Crippen molar-refractivity contribution in [2.24, 2.45) is 0 Å². The Morgan fingerprint density at radius 3 is 2.41 bits per heavy atom. The maximum absolute atomic E-state index is 13.7. The molecule has 5 N–H and O–H groups in total. The number of halogens is 1. The van der Waals surface area contributed by atoms with Crippen molar-refractivity contribution >= 4 is 34.1 Å². The largest absolute Gasteiger partial charge is 0.386 e. The number of anilines is 2. The number of nitrogens with one attached hydrogen (secondary N) is 4. The van der Waals surface area contributed by atoms with E-state index in [1.807, 2.05) is 0 Å². The van der Waals surface area contributed by atoms with Gasteiger partial charge in [-0.05, 0) is 42.5 Å². The summed E-state index contributed by atoms with van der Waals surface area (Å²) < 4.78 is 13.7. The minimum Gasteiger partial charge on any atom is -0.386 e. The van der Waals surface area contributed by atoms with Crippen molar-refractivity contribution in [2.45, 2.75) is 0 Å². The van der Waals surface area contributed by atoms with Crippen LogP contribution in [0.2, 0.25) is 0 Å². The molecule has 0 saturated carbocycles. The zero-order chi connectivity index (χ0) is 19.6. The first-order chi connectivity index (χ1) is 12.9. The number of carbonyl (C=O) groups is 2. The minimum atomic E-state index is -0.693. The molecule has 0 bridgehead atoms. The Morgan fingerprint density at radius 1 is 1.07 bits per heavy atom. The van der Waals surface area contributed by atoms with Crippen LogP contribution in [0.4, 0.5) is 15.8 Å². The molecule has 0 saturated heterocycles. The lowest BCUT2D eigenvalue weighted by Crippen LogP contribution is -2.23. The topological polar surface area (TPSA) is 123 Å². The molecule has 0 spiro atoms. The number of rotatable bonds is 4. The van der Waals surface area contributed by atoms with Crippen LogP contribution in [-0.2, 0) is 0 Å². The molecule has 138 valence electrons. The first-order valence-electron chi connectivity index (χ1n) is 7.83. The fraction of sp³-hybridized carbons (Fsp3) is 0.0556. The highest BCUT2D eigenvalue weighted by molar-refractivity contribution is 6.06. The van der Waals surface area contributed by atoms with E-state index in [1.54, 1.807) is 7.05 Å². The number of H-pyrrole nitrogens is 1. The number of hydrogen-bond donors (Lipinski definition) is 5. The standard InChI is InChI=1S/C18H15FN4O4/c1-20-14-8-11(19)6-10-7-13(18(26)22-15(10)14)17(25)21-12-4-2-9(3-5-12)16(24)23-27/h2-8,20,27H,1H3,(H,21,25)(H,22,26)(H,23,24). The van der Waals surface area contributed by atoms with E-state index in [0.717, 1.165) is 0 Å². The van der Waals surface area contributed by atoms with Crippen molar-refractivity contribution in [2.75, 3.05) is 17.7 Å². The summed E-state index contributed by atoms with van der Waals surface area (Å²) in [7, 11) is 1.59. The van der Waals surface area contributed by atoms with Gasteiger partial charge in [0.05, 0.1) is 11.2 Å². The maximum Gasteiger partial charge on any atom is 0.274 e. The van der Waals surface area contributed by atoms with Crippen molar-refractivity contribution in [1.82, 2.24) is 10.5 Å². The Kier molecular flexibility index (Phi) is 4.86. The summed E-state index contributed by atoms with van der Waals surface area (Å²) in [6.07, 6.45) is 0. The van der Waals surface area contributed by atoms with Crippen molar-refractivity contribution in [3.63, 3.8) is 0 Å². The molecule has 2 aromatic carbocycles. The van der Waals surface area contributed by atoms with Crippen LogP contribution in [-0.4, -0.2) is 29.1 Å². The van der Waals surface area contributed by atoms with Crippen LogP contribution >= 0.6 is 0 Å². The molecule has 0 aliphatic heterocycles. The Bertz CT molecular complexity index is 1090. The molecule has 0 radical (unpaired) electrons. The molecule has 8 nitrogen and oxygen atoms in total. The molecule has 0 aliphatic rings. The van der Waals surface area contributed by atoms with Crippen LogP contribution in [0, 0.1) is 5.82 Å². The Hall–Kier alpha value is -3.72. The Balaban J connectivity index is 1.92. The van der Waals surface area contributed by atoms with E-state index in [9.17, 15) is 18.8 Å². The van der Waals surface area contributed by atoms with Crippen LogP contribution in [0.1, 0.15) is 20.7 Å². The molecule has 3 aromatic rings. The van der Waals surface area contributed by atoms with Gasteiger partial charge in [0.1, 0.15) is 11.4 Å². The van der Waals surface area contributed by atoms with E-state index >= 15 is 0 Å². The fourth-order valence-corrected chi connectivity index (χ4v) is 2.62. The molecule has 9 heteroatoms. The maximum atomic E-state index is 13.7. The zero-order valence-electron chi connectivity index (χ0n) is 14.1. The number of aromatic nitrogens is 1. The zero-order valence-corrected chi connectivity index (χ0v) is 14.1. The van der Waals surface area contributed by atoms with Gasteiger partial charge < -0.3 is 15.6 Å². The van der Waals surface area contributed by atoms with Crippen LogP contribution in [0.25, 0.3) is 10.9 Å². The normalized spacial score (nSPS) is 10.5. The van der Waals surface area contributed by atoms with Gasteiger partial charge in [-0.2, -0.15) is 0 Å². The van der Waals surface area contributed by atoms with Crippen molar-refractivity contribution in [1.29, 1.82) is 0 Å². The van der Waals surface area contributed by atoms with Gasteiger partial charge in [0, 0.05) is 23.7 Å². The summed E-state index contributed by atoms with van der Waals surface area (Å²) in [5.41, 5.74) is 2.00. The van der Waals surface area contributed by atoms with Gasteiger partial charge >= 0.3 is 0 Å². The van der Waals surface area contributed by atoms with Crippen LogP contribution < -0.4 is 21.7 Å². The van der Waals surface area contributed by atoms with Crippen molar-refractivity contribution in [3.05, 3.63) is 69.8 Å². The molecule has 2 amide bonds. The third-order valence-electron chi connectivity index (χ3n) is 3.94. The van der Waals surface area contributed by atoms with E-state index in [2.05, 4.69) is 15.6 Å². The van der Waals surface area contributed by atoms with E-state index in [0.29, 0.717) is 22.3 Å². The van der Waals surface area contributed by atoms with E-state index in [4.69, 9.17) is 5.21 Å². The van der Waals surface area contributed by atoms with E-state index in [-0.39, 0.29) is 11.1 Å². The summed E-state index contributed by atoms with van der Waals surface area (Å²) in [4.78, 5) is 38.6. The first-order valence-corrected chi connectivity index (χ1v) is 7.83. The SMILES string of the molecule is CNc1cc(F)cc2cc(C(=O)Nc3ccc(C(=O)NO)cc3)c(=O)[nH]c12. The van der Waals surface area contributed by atoms with Crippen molar-refractivity contribution in [3.8, 4) is 0 Å². The lowest BCUT2D eigenvalue weighted by atomic mass is 10.1. The number of aromatic amines is 1. The highest BCUT2D eigenvalue weighted by atomic mass is 19.1. The van der Waals surface area contributed by atoms with Gasteiger partial charge in [-0.15, -0.1) is 0 Å². The highest BCUT2D eigenvalue weighted by Crippen LogP contribution is 2.22. The summed E-state index contributed by atoms with van der Waals surface area (Å²) in [5.74, 6) is -1.89. The number of hydrogen-bond acceptors (Lipinski definition) is 5. The van der Waals surface area contributed by atoms with E-state index < -0.39 is 23.2 Å². The summed E-state index contributed by atoms with van der Waals surface area (Å²) >= 11 is 0. The molecule has 0 fully saturated rings. The lowest BCUT2D eigenvalue weighted by Gasteiger charge is -2.09. The van der Waals surface area contributed by atoms with Gasteiger partial charge in [0.25, 0.3) is 17.4 Å². The monoisotopic (exact) mass is 370 g/mol. The number of amides is 2. The number of fused-ring (bicyclic) bond motifs is 1. The predicted octanol–water partition coefficient (Wildman–Crippen LogP) is 2.08. The average Bonchev–Trinajstić information content (AvgIpc) is 2.67. The molecule has 0 aliphatic carbocycles. The Labute approximate surface area is 152 Å². The Morgan fingerprint density at radius 2 is 1.78 bits per heavy atom. The second kappa shape index (κ2) is 7.26. The first kappa shape index (κ1) is 18.1. The lowest BCUT2D eigenvalue weighted by molar-refractivity contribution is 0.0706. The summed E-state index contributed by atoms with van der Waals surface area (Å²) in [6.45, 7) is 0. The third-order valence-corrected chi connectivity index (χ3v) is 3.94. The second-order valence-corrected chi connectivity index (χ2v) is 5.65. The van der Waals surface area contributed by atoms with Crippen LogP contribution in [0.5, 0.6) is 0 Å². The van der Waals surface area contributed by atoms with Gasteiger partial charge in [-0.1, -0.05) is 0 Å². The number of benzene rings is 2. The quantitative estimate of drug-likeness (QED) is 0.355. The summed E-state index contributed by atoms with van der Waals surface area (Å²) in [5, 5.41) is 14.3. The molecule has 1 heterocycles. The minimum absolute atomic E-state index is 0.188. The van der Waals surface area contributed by atoms with Crippen molar-refractivity contribution < 1.29 is 19.2 Å². The third kappa shape index (κ3) is 3.62. The molecule has 0 atom stereocenters. The van der Waals surface area contributed by atoms with Gasteiger partial charge in [0.15, 0.2) is 0 Å². The fourth-order valence-electron chi connectivity index (χ4n) is 2.62. The molecular formula is C18H15FN4O4. The van der Waals surface area contributed by atoms with Crippen LogP contribution in [0.15, 0.2) is 47.3 Å². The van der Waals surface area contributed by atoms with Gasteiger partial charge in [-0.25, -0.2) is 9.87 Å².